The van der Waals surface area contributed by atoms with Crippen molar-refractivity contribution in [2.75, 3.05) is 20.2 Å². The molecule has 0 spiro atoms. The quantitative estimate of drug-likeness (QED) is 0.896. The highest BCUT2D eigenvalue weighted by Gasteiger charge is 2.42. The lowest BCUT2D eigenvalue weighted by Crippen LogP contribution is -2.34. The Morgan fingerprint density at radius 3 is 2.64 bits per heavy atom. The Morgan fingerprint density at radius 2 is 2.04 bits per heavy atom. The minimum Gasteiger partial charge on any atom is -0.497 e. The maximum Gasteiger partial charge on any atom is 0.311 e. The first-order valence-corrected chi connectivity index (χ1v) is 8.09. The molecule has 3 rings (SSSR count). The number of likely N-dealkylation sites (tertiary alicyclic amines) is 1. The molecule has 0 saturated carbocycles. The number of amides is 1. The Bertz CT molecular complexity index is 784. The molecule has 2 heterocycles. The number of carboxylic acids is 1. The van der Waals surface area contributed by atoms with Gasteiger partial charge < -0.3 is 14.7 Å². The van der Waals surface area contributed by atoms with E-state index in [1.165, 1.54) is 6.20 Å². The maximum atomic E-state index is 12.6. The Balaban J connectivity index is 1.66. The van der Waals surface area contributed by atoms with Gasteiger partial charge in [-0.15, -0.1) is 0 Å². The first kappa shape index (κ1) is 17.0. The molecular weight excluding hydrogens is 322 g/mol. The van der Waals surface area contributed by atoms with Crippen LogP contribution in [0.4, 0.5) is 0 Å². The van der Waals surface area contributed by atoms with Crippen LogP contribution in [0.15, 0.2) is 36.7 Å². The molecule has 1 atom stereocenters. The van der Waals surface area contributed by atoms with Gasteiger partial charge in [-0.05, 0) is 31.0 Å². The van der Waals surface area contributed by atoms with Gasteiger partial charge in [-0.3, -0.25) is 14.3 Å². The van der Waals surface area contributed by atoms with E-state index < -0.39 is 11.4 Å². The van der Waals surface area contributed by atoms with Crippen LogP contribution in [0.2, 0.25) is 0 Å². The molecule has 1 unspecified atom stereocenters. The Morgan fingerprint density at radius 1 is 1.32 bits per heavy atom. The van der Waals surface area contributed by atoms with E-state index in [-0.39, 0.29) is 12.5 Å². The second-order valence-electron chi connectivity index (χ2n) is 6.62. The summed E-state index contributed by atoms with van der Waals surface area (Å²) in [5, 5.41) is 13.5. The fourth-order valence-corrected chi connectivity index (χ4v) is 2.97. The molecule has 7 nitrogen and oxygen atoms in total. The molecule has 1 amide bonds. The van der Waals surface area contributed by atoms with Crippen molar-refractivity contribution in [3.05, 3.63) is 47.8 Å². The number of ether oxygens (including phenoxy) is 1. The lowest BCUT2D eigenvalue weighted by molar-refractivity contribution is -0.147. The molecule has 1 aliphatic rings. The Kier molecular flexibility index (Phi) is 4.48. The van der Waals surface area contributed by atoms with Crippen LogP contribution in [0.25, 0.3) is 0 Å². The average molecular weight is 343 g/mol. The minimum absolute atomic E-state index is 0.175. The molecule has 0 aliphatic carbocycles. The number of aliphatic carboxylic acids is 1. The van der Waals surface area contributed by atoms with Crippen molar-refractivity contribution in [2.45, 2.75) is 19.9 Å². The van der Waals surface area contributed by atoms with Gasteiger partial charge in [-0.1, -0.05) is 12.1 Å². The van der Waals surface area contributed by atoms with Crippen LogP contribution in [0, 0.1) is 5.41 Å². The summed E-state index contributed by atoms with van der Waals surface area (Å²) in [7, 11) is 1.62. The third kappa shape index (κ3) is 3.50. The second kappa shape index (κ2) is 6.58. The monoisotopic (exact) mass is 343 g/mol. The normalized spacial score (nSPS) is 19.8. The molecular formula is C18H21N3O4. The van der Waals surface area contributed by atoms with Crippen molar-refractivity contribution in [1.29, 1.82) is 0 Å². The predicted octanol–water partition coefficient (Wildman–Crippen LogP) is 1.88. The van der Waals surface area contributed by atoms with Crippen LogP contribution in [0.1, 0.15) is 29.3 Å². The third-order valence-electron chi connectivity index (χ3n) is 4.66. The highest BCUT2D eigenvalue weighted by molar-refractivity contribution is 5.94. The van der Waals surface area contributed by atoms with Crippen molar-refractivity contribution in [3.63, 3.8) is 0 Å². The molecule has 7 heteroatoms. The fourth-order valence-electron chi connectivity index (χ4n) is 2.97. The molecule has 1 aliphatic heterocycles. The van der Waals surface area contributed by atoms with E-state index in [0.717, 1.165) is 11.3 Å². The minimum atomic E-state index is -0.866. The summed E-state index contributed by atoms with van der Waals surface area (Å²) in [5.74, 6) is -0.250. The van der Waals surface area contributed by atoms with E-state index >= 15 is 0 Å². The zero-order valence-corrected chi connectivity index (χ0v) is 14.3. The van der Waals surface area contributed by atoms with Gasteiger partial charge in [0.15, 0.2) is 0 Å². The predicted molar refractivity (Wildman–Crippen MR) is 90.6 cm³/mol. The number of carbonyl (C=O) groups is 2. The Labute approximate surface area is 145 Å². The van der Waals surface area contributed by atoms with Crippen LogP contribution in [-0.2, 0) is 11.3 Å². The number of carbonyl (C=O) groups excluding carboxylic acids is 1. The van der Waals surface area contributed by atoms with Gasteiger partial charge in [0.25, 0.3) is 5.91 Å². The number of hydrogen-bond donors (Lipinski definition) is 1. The van der Waals surface area contributed by atoms with Gasteiger partial charge in [-0.2, -0.15) is 5.10 Å². The summed E-state index contributed by atoms with van der Waals surface area (Å²) < 4.78 is 6.83. The largest absolute Gasteiger partial charge is 0.497 e. The highest BCUT2D eigenvalue weighted by atomic mass is 16.5. The number of rotatable bonds is 5. The summed E-state index contributed by atoms with van der Waals surface area (Å²) in [6, 6.07) is 7.64. The van der Waals surface area contributed by atoms with Gasteiger partial charge in [0, 0.05) is 19.3 Å². The van der Waals surface area contributed by atoms with E-state index in [1.807, 2.05) is 24.3 Å². The summed E-state index contributed by atoms with van der Waals surface area (Å²) in [6.07, 6.45) is 3.69. The van der Waals surface area contributed by atoms with Crippen molar-refractivity contribution < 1.29 is 19.4 Å². The highest BCUT2D eigenvalue weighted by Crippen LogP contribution is 2.30. The number of benzene rings is 1. The van der Waals surface area contributed by atoms with Gasteiger partial charge in [0.1, 0.15) is 5.75 Å². The summed E-state index contributed by atoms with van der Waals surface area (Å²) in [5.41, 5.74) is 0.653. The summed E-state index contributed by atoms with van der Waals surface area (Å²) in [6.45, 7) is 2.90. The molecule has 1 fully saturated rings. The van der Waals surface area contributed by atoms with Crippen molar-refractivity contribution in [2.24, 2.45) is 5.41 Å². The zero-order valence-electron chi connectivity index (χ0n) is 14.3. The van der Waals surface area contributed by atoms with E-state index in [4.69, 9.17) is 4.74 Å². The van der Waals surface area contributed by atoms with Crippen molar-refractivity contribution in [1.82, 2.24) is 14.7 Å². The lowest BCUT2D eigenvalue weighted by atomic mass is 9.90. The standard InChI is InChI=1S/C18H21N3O4/c1-18(17(23)24)7-8-20(12-18)16(22)14-9-19-21(11-14)10-13-3-5-15(25-2)6-4-13/h3-6,9,11H,7-8,10,12H2,1-2H3,(H,23,24). The van der Waals surface area contributed by atoms with Gasteiger partial charge >= 0.3 is 5.97 Å². The molecule has 1 aromatic carbocycles. The van der Waals surface area contributed by atoms with Gasteiger partial charge in [0.05, 0.1) is 30.8 Å². The average Bonchev–Trinajstić information content (AvgIpc) is 3.23. The van der Waals surface area contributed by atoms with E-state index in [9.17, 15) is 14.7 Å². The zero-order chi connectivity index (χ0) is 18.0. The molecule has 25 heavy (non-hydrogen) atoms. The number of aromatic nitrogens is 2. The van der Waals surface area contributed by atoms with Crippen molar-refractivity contribution in [3.8, 4) is 5.75 Å². The van der Waals surface area contributed by atoms with Crippen LogP contribution in [0.3, 0.4) is 0 Å². The van der Waals surface area contributed by atoms with E-state index in [0.29, 0.717) is 25.1 Å². The maximum absolute atomic E-state index is 12.6. The molecule has 1 N–H and O–H groups in total. The molecule has 132 valence electrons. The number of nitrogens with zero attached hydrogens (tertiary/aromatic N) is 3. The van der Waals surface area contributed by atoms with Crippen LogP contribution in [0.5, 0.6) is 5.75 Å². The summed E-state index contributed by atoms with van der Waals surface area (Å²) in [4.78, 5) is 25.5. The van der Waals surface area contributed by atoms with Crippen LogP contribution >= 0.6 is 0 Å². The number of hydrogen-bond acceptors (Lipinski definition) is 4. The smallest absolute Gasteiger partial charge is 0.311 e. The second-order valence-corrected chi connectivity index (χ2v) is 6.62. The summed E-state index contributed by atoms with van der Waals surface area (Å²) >= 11 is 0. The number of carboxylic acid groups (broad SMARTS) is 1. The van der Waals surface area contributed by atoms with Crippen LogP contribution in [-0.4, -0.2) is 51.9 Å². The Hall–Kier alpha value is -2.83. The topological polar surface area (TPSA) is 84.7 Å². The van der Waals surface area contributed by atoms with Crippen LogP contribution < -0.4 is 4.74 Å². The lowest BCUT2D eigenvalue weighted by Gasteiger charge is -2.19. The number of methoxy groups -OCH3 is 1. The SMILES string of the molecule is COc1ccc(Cn2cc(C(=O)N3CCC(C)(C(=O)O)C3)cn2)cc1. The first-order chi connectivity index (χ1) is 11.9. The van der Waals surface area contributed by atoms with E-state index in [2.05, 4.69) is 5.10 Å². The molecule has 0 bridgehead atoms. The fraction of sp³-hybridized carbons (Fsp3) is 0.389. The molecule has 1 aromatic heterocycles. The van der Waals surface area contributed by atoms with E-state index in [1.54, 1.807) is 29.8 Å². The molecule has 1 saturated heterocycles. The molecule has 0 radical (unpaired) electrons. The third-order valence-corrected chi connectivity index (χ3v) is 4.66. The van der Waals surface area contributed by atoms with Crippen molar-refractivity contribution >= 4 is 11.9 Å². The molecule has 2 aromatic rings. The van der Waals surface area contributed by atoms with Gasteiger partial charge in [0.2, 0.25) is 0 Å². The first-order valence-electron chi connectivity index (χ1n) is 8.09. The van der Waals surface area contributed by atoms with Gasteiger partial charge in [-0.25, -0.2) is 0 Å².